The highest BCUT2D eigenvalue weighted by Gasteiger charge is 2.15. The van der Waals surface area contributed by atoms with Gasteiger partial charge in [0.05, 0.1) is 12.7 Å². The fraction of sp³-hybridized carbons (Fsp3) is 0.462. The standard InChI is InChI=1S/C13H18BrNO2/c1-4-15(5-2)9-11-10(13(16)17-3)7-6-8-12(11)14/h6-8H,4-5,9H2,1-3H3. The van der Waals surface area contributed by atoms with Crippen molar-refractivity contribution in [2.75, 3.05) is 20.2 Å². The van der Waals surface area contributed by atoms with Gasteiger partial charge < -0.3 is 4.74 Å². The van der Waals surface area contributed by atoms with Crippen molar-refractivity contribution in [3.63, 3.8) is 0 Å². The summed E-state index contributed by atoms with van der Waals surface area (Å²) in [6.45, 7) is 6.88. The lowest BCUT2D eigenvalue weighted by atomic mass is 10.1. The zero-order chi connectivity index (χ0) is 12.8. The van der Waals surface area contributed by atoms with Crippen molar-refractivity contribution in [1.82, 2.24) is 4.90 Å². The average Bonchev–Trinajstić information content (AvgIpc) is 2.36. The lowest BCUT2D eigenvalue weighted by Gasteiger charge is -2.20. The van der Waals surface area contributed by atoms with Gasteiger partial charge in [0.2, 0.25) is 0 Å². The first-order chi connectivity index (χ1) is 8.13. The molecule has 1 aromatic carbocycles. The van der Waals surface area contributed by atoms with Crippen LogP contribution in [-0.2, 0) is 11.3 Å². The molecule has 0 radical (unpaired) electrons. The fourth-order valence-electron chi connectivity index (χ4n) is 1.69. The number of esters is 1. The van der Waals surface area contributed by atoms with Crippen molar-refractivity contribution in [2.45, 2.75) is 20.4 Å². The van der Waals surface area contributed by atoms with E-state index in [4.69, 9.17) is 4.74 Å². The molecule has 0 aliphatic carbocycles. The molecule has 0 amide bonds. The number of hydrogen-bond acceptors (Lipinski definition) is 3. The Morgan fingerprint density at radius 1 is 1.35 bits per heavy atom. The molecule has 0 aliphatic heterocycles. The third kappa shape index (κ3) is 3.54. The highest BCUT2D eigenvalue weighted by atomic mass is 79.9. The third-order valence-electron chi connectivity index (χ3n) is 2.80. The van der Waals surface area contributed by atoms with Gasteiger partial charge in [0.15, 0.2) is 0 Å². The van der Waals surface area contributed by atoms with E-state index in [0.29, 0.717) is 5.56 Å². The van der Waals surface area contributed by atoms with E-state index in [1.54, 1.807) is 6.07 Å². The Balaban J connectivity index is 3.07. The molecule has 0 fully saturated rings. The van der Waals surface area contributed by atoms with E-state index >= 15 is 0 Å². The monoisotopic (exact) mass is 299 g/mol. The van der Waals surface area contributed by atoms with Gasteiger partial charge in [-0.05, 0) is 30.8 Å². The normalized spacial score (nSPS) is 10.6. The minimum Gasteiger partial charge on any atom is -0.465 e. The predicted molar refractivity (Wildman–Crippen MR) is 72.1 cm³/mol. The van der Waals surface area contributed by atoms with E-state index in [-0.39, 0.29) is 5.97 Å². The number of nitrogens with zero attached hydrogens (tertiary/aromatic N) is 1. The first-order valence-electron chi connectivity index (χ1n) is 5.72. The number of carbonyl (C=O) groups excluding carboxylic acids is 1. The van der Waals surface area contributed by atoms with Gasteiger partial charge in [-0.25, -0.2) is 4.79 Å². The van der Waals surface area contributed by atoms with Crippen LogP contribution in [0, 0.1) is 0 Å². The number of methoxy groups -OCH3 is 1. The molecule has 94 valence electrons. The lowest BCUT2D eigenvalue weighted by molar-refractivity contribution is 0.0598. The predicted octanol–water partition coefficient (Wildman–Crippen LogP) is 3.08. The van der Waals surface area contributed by atoms with Gasteiger partial charge in [-0.1, -0.05) is 35.8 Å². The van der Waals surface area contributed by atoms with E-state index in [9.17, 15) is 4.79 Å². The average molecular weight is 300 g/mol. The van der Waals surface area contributed by atoms with Gasteiger partial charge in [-0.3, -0.25) is 4.90 Å². The van der Waals surface area contributed by atoms with Crippen molar-refractivity contribution in [2.24, 2.45) is 0 Å². The van der Waals surface area contributed by atoms with Crippen molar-refractivity contribution in [3.05, 3.63) is 33.8 Å². The number of rotatable bonds is 5. The van der Waals surface area contributed by atoms with Crippen LogP contribution >= 0.6 is 15.9 Å². The molecular weight excluding hydrogens is 282 g/mol. The van der Waals surface area contributed by atoms with Crippen LogP contribution in [-0.4, -0.2) is 31.1 Å². The van der Waals surface area contributed by atoms with Gasteiger partial charge in [-0.2, -0.15) is 0 Å². The third-order valence-corrected chi connectivity index (χ3v) is 3.54. The molecule has 0 N–H and O–H groups in total. The number of benzene rings is 1. The largest absolute Gasteiger partial charge is 0.465 e. The molecule has 0 unspecified atom stereocenters. The Labute approximate surface area is 111 Å². The van der Waals surface area contributed by atoms with Gasteiger partial charge in [0.25, 0.3) is 0 Å². The van der Waals surface area contributed by atoms with Crippen molar-refractivity contribution in [1.29, 1.82) is 0 Å². The van der Waals surface area contributed by atoms with Crippen LogP contribution in [0.25, 0.3) is 0 Å². The first kappa shape index (κ1) is 14.2. The molecule has 17 heavy (non-hydrogen) atoms. The summed E-state index contributed by atoms with van der Waals surface area (Å²) in [6, 6.07) is 5.60. The Kier molecular flexibility index (Phi) is 5.65. The number of ether oxygens (including phenoxy) is 1. The topological polar surface area (TPSA) is 29.5 Å². The number of halogens is 1. The summed E-state index contributed by atoms with van der Waals surface area (Å²) in [5.74, 6) is -0.284. The minimum absolute atomic E-state index is 0.284. The van der Waals surface area contributed by atoms with E-state index in [1.807, 2.05) is 12.1 Å². The van der Waals surface area contributed by atoms with Gasteiger partial charge in [-0.15, -0.1) is 0 Å². The zero-order valence-electron chi connectivity index (χ0n) is 10.5. The van der Waals surface area contributed by atoms with Gasteiger partial charge in [0, 0.05) is 11.0 Å². The second-order valence-corrected chi connectivity index (χ2v) is 4.57. The van der Waals surface area contributed by atoms with Crippen LogP contribution < -0.4 is 0 Å². The van der Waals surface area contributed by atoms with Crippen LogP contribution in [0.5, 0.6) is 0 Å². The fourth-order valence-corrected chi connectivity index (χ4v) is 2.18. The molecule has 0 aromatic heterocycles. The summed E-state index contributed by atoms with van der Waals surface area (Å²) in [5, 5.41) is 0. The zero-order valence-corrected chi connectivity index (χ0v) is 12.1. The molecule has 4 heteroatoms. The van der Waals surface area contributed by atoms with Crippen LogP contribution in [0.2, 0.25) is 0 Å². The molecule has 0 atom stereocenters. The van der Waals surface area contributed by atoms with Crippen molar-refractivity contribution in [3.8, 4) is 0 Å². The maximum Gasteiger partial charge on any atom is 0.338 e. The Bertz CT molecular complexity index is 389. The summed E-state index contributed by atoms with van der Waals surface area (Å²) in [4.78, 5) is 13.9. The molecule has 0 bridgehead atoms. The molecule has 1 rings (SSSR count). The highest BCUT2D eigenvalue weighted by Crippen LogP contribution is 2.23. The first-order valence-corrected chi connectivity index (χ1v) is 6.51. The minimum atomic E-state index is -0.284. The summed E-state index contributed by atoms with van der Waals surface area (Å²) in [6.07, 6.45) is 0. The smallest absolute Gasteiger partial charge is 0.338 e. The van der Waals surface area contributed by atoms with Crippen LogP contribution in [0.1, 0.15) is 29.8 Å². The van der Waals surface area contributed by atoms with E-state index in [1.165, 1.54) is 7.11 Å². The van der Waals surface area contributed by atoms with Crippen molar-refractivity contribution < 1.29 is 9.53 Å². The molecule has 0 aliphatic rings. The Hall–Kier alpha value is -0.870. The molecule has 1 aromatic rings. The molecule has 0 saturated carbocycles. The SMILES string of the molecule is CCN(CC)Cc1c(Br)cccc1C(=O)OC. The Morgan fingerprint density at radius 3 is 2.53 bits per heavy atom. The van der Waals surface area contributed by atoms with Gasteiger partial charge >= 0.3 is 5.97 Å². The van der Waals surface area contributed by atoms with Gasteiger partial charge in [0.1, 0.15) is 0 Å². The summed E-state index contributed by atoms with van der Waals surface area (Å²) in [5.41, 5.74) is 1.62. The van der Waals surface area contributed by atoms with E-state index in [0.717, 1.165) is 29.7 Å². The number of carbonyl (C=O) groups is 1. The molecule has 0 spiro atoms. The van der Waals surface area contributed by atoms with Crippen molar-refractivity contribution >= 4 is 21.9 Å². The second kappa shape index (κ2) is 6.77. The number of hydrogen-bond donors (Lipinski definition) is 0. The lowest BCUT2D eigenvalue weighted by Crippen LogP contribution is -2.24. The van der Waals surface area contributed by atoms with E-state index < -0.39 is 0 Å². The summed E-state index contributed by atoms with van der Waals surface area (Å²) >= 11 is 3.50. The summed E-state index contributed by atoms with van der Waals surface area (Å²) in [7, 11) is 1.41. The van der Waals surface area contributed by atoms with Crippen LogP contribution in [0.4, 0.5) is 0 Å². The second-order valence-electron chi connectivity index (χ2n) is 3.72. The van der Waals surface area contributed by atoms with E-state index in [2.05, 4.69) is 34.7 Å². The quantitative estimate of drug-likeness (QED) is 0.783. The highest BCUT2D eigenvalue weighted by molar-refractivity contribution is 9.10. The van der Waals surface area contributed by atoms with Crippen LogP contribution in [0.15, 0.2) is 22.7 Å². The maximum absolute atomic E-state index is 11.7. The molecule has 3 nitrogen and oxygen atoms in total. The molecular formula is C13H18BrNO2. The molecule has 0 heterocycles. The maximum atomic E-state index is 11.7. The van der Waals surface area contributed by atoms with Crippen LogP contribution in [0.3, 0.4) is 0 Å². The molecule has 0 saturated heterocycles. The Morgan fingerprint density at radius 2 is 2.00 bits per heavy atom. The summed E-state index contributed by atoms with van der Waals surface area (Å²) < 4.78 is 5.75.